The Balaban J connectivity index is 1.67. The van der Waals surface area contributed by atoms with Gasteiger partial charge in [0.1, 0.15) is 11.8 Å². The number of benzene rings is 2. The molecule has 0 fully saturated rings. The minimum absolute atomic E-state index is 0.0658. The third-order valence-electron chi connectivity index (χ3n) is 5.51. The van der Waals surface area contributed by atoms with Crippen molar-refractivity contribution in [3.63, 3.8) is 0 Å². The number of aliphatic hydroxyl groups is 1. The maximum atomic E-state index is 13.6. The number of nitrogens with zero attached hydrogens (tertiary/aromatic N) is 2. The number of carbonyl (C=O) groups excluding carboxylic acids is 2. The van der Waals surface area contributed by atoms with Crippen LogP contribution < -0.4 is 9.64 Å². The molecule has 8 heteroatoms. The number of hydrogen-bond donors (Lipinski definition) is 2. The van der Waals surface area contributed by atoms with E-state index in [2.05, 4.69) is 4.98 Å². The van der Waals surface area contributed by atoms with Crippen LogP contribution in [0.25, 0.3) is 11.0 Å². The molecule has 1 aliphatic heterocycles. The number of amides is 1. The molecule has 8 nitrogen and oxygen atoms in total. The van der Waals surface area contributed by atoms with Gasteiger partial charge in [-0.3, -0.25) is 19.5 Å². The van der Waals surface area contributed by atoms with Gasteiger partial charge in [-0.15, -0.1) is 0 Å². The number of aromatic nitrogens is 1. The van der Waals surface area contributed by atoms with Gasteiger partial charge < -0.3 is 19.4 Å². The molecule has 1 atom stereocenters. The minimum atomic E-state index is -1.07. The summed E-state index contributed by atoms with van der Waals surface area (Å²) in [5.74, 6) is -2.03. The number of furan rings is 1. The molecule has 164 valence electrons. The highest BCUT2D eigenvalue weighted by molar-refractivity contribution is 6.21. The van der Waals surface area contributed by atoms with E-state index in [0.717, 1.165) is 4.90 Å². The molecule has 0 saturated heterocycles. The van der Waals surface area contributed by atoms with E-state index in [1.54, 1.807) is 48.5 Å². The number of aliphatic hydroxyl groups excluding tert-OH is 1. The highest BCUT2D eigenvalue weighted by Crippen LogP contribution is 2.44. The highest BCUT2D eigenvalue weighted by Gasteiger charge is 2.46. The fourth-order valence-corrected chi connectivity index (χ4v) is 4.01. The van der Waals surface area contributed by atoms with E-state index in [1.807, 2.05) is 0 Å². The molecule has 0 radical (unpaired) electrons. The van der Waals surface area contributed by atoms with Gasteiger partial charge in [0, 0.05) is 11.6 Å². The van der Waals surface area contributed by atoms with E-state index in [0.29, 0.717) is 22.4 Å². The number of anilines is 1. The zero-order valence-corrected chi connectivity index (χ0v) is 17.4. The lowest BCUT2D eigenvalue weighted by Gasteiger charge is -2.26. The van der Waals surface area contributed by atoms with Crippen molar-refractivity contribution < 1.29 is 29.0 Å². The second-order valence-corrected chi connectivity index (χ2v) is 7.40. The Kier molecular flexibility index (Phi) is 4.82. The molecule has 0 spiro atoms. The summed E-state index contributed by atoms with van der Waals surface area (Å²) in [6, 6.07) is 16.9. The number of rotatable bonds is 5. The number of methoxy groups -OCH3 is 1. The van der Waals surface area contributed by atoms with Crippen molar-refractivity contribution in [2.45, 2.75) is 6.04 Å². The van der Waals surface area contributed by atoms with Crippen molar-refractivity contribution in [2.75, 3.05) is 12.0 Å². The monoisotopic (exact) mass is 442 g/mol. The number of carbonyl (C=O) groups is 2. The van der Waals surface area contributed by atoms with E-state index >= 15 is 0 Å². The fourth-order valence-electron chi connectivity index (χ4n) is 4.01. The number of aromatic hydroxyl groups is 1. The molecule has 33 heavy (non-hydrogen) atoms. The average molecular weight is 442 g/mol. The normalized spacial score (nSPS) is 16.0. The highest BCUT2D eigenvalue weighted by atomic mass is 16.5. The van der Waals surface area contributed by atoms with Crippen molar-refractivity contribution in [1.29, 1.82) is 0 Å². The molecule has 2 aromatic heterocycles. The van der Waals surface area contributed by atoms with Crippen LogP contribution in [0.3, 0.4) is 0 Å². The summed E-state index contributed by atoms with van der Waals surface area (Å²) in [6.07, 6.45) is 1.52. The number of Topliss-reactive ketones (excluding diaryl/α,β-unsaturated/α-hetero) is 1. The van der Waals surface area contributed by atoms with Gasteiger partial charge in [-0.05, 0) is 36.4 Å². The average Bonchev–Trinajstić information content (AvgIpc) is 3.39. The largest absolute Gasteiger partial charge is 0.506 e. The second kappa shape index (κ2) is 7.83. The van der Waals surface area contributed by atoms with Crippen LogP contribution in [0.2, 0.25) is 0 Å². The first-order valence-electron chi connectivity index (χ1n) is 10.1. The Morgan fingerprint density at radius 3 is 2.58 bits per heavy atom. The van der Waals surface area contributed by atoms with Crippen LogP contribution in [0.1, 0.15) is 22.3 Å². The van der Waals surface area contributed by atoms with Crippen LogP contribution in [0.4, 0.5) is 5.69 Å². The van der Waals surface area contributed by atoms with Gasteiger partial charge >= 0.3 is 0 Å². The Hall–Kier alpha value is -4.59. The SMILES string of the molecule is COc1cccc2cc(C(=O)C3=C(O)C(=O)N(c4ccccc4O)C3c3ccccn3)oc12. The fraction of sp³-hybridized carbons (Fsp3) is 0.0800. The van der Waals surface area contributed by atoms with Crippen LogP contribution in [-0.2, 0) is 4.79 Å². The van der Waals surface area contributed by atoms with Gasteiger partial charge in [0.15, 0.2) is 22.9 Å². The molecule has 0 saturated carbocycles. The van der Waals surface area contributed by atoms with Gasteiger partial charge in [0.2, 0.25) is 5.78 Å². The number of ketones is 1. The summed E-state index contributed by atoms with van der Waals surface area (Å²) in [5.41, 5.74) is 0.661. The van der Waals surface area contributed by atoms with Crippen LogP contribution in [0.5, 0.6) is 11.5 Å². The van der Waals surface area contributed by atoms with Crippen LogP contribution >= 0.6 is 0 Å². The molecular formula is C25H18N2O6. The van der Waals surface area contributed by atoms with Gasteiger partial charge in [0.05, 0.1) is 24.1 Å². The van der Waals surface area contributed by atoms with Crippen LogP contribution in [0, 0.1) is 0 Å². The van der Waals surface area contributed by atoms with E-state index in [4.69, 9.17) is 9.15 Å². The Bertz CT molecular complexity index is 1420. The van der Waals surface area contributed by atoms with Crippen LogP contribution in [-0.4, -0.2) is 34.0 Å². The minimum Gasteiger partial charge on any atom is -0.506 e. The second-order valence-electron chi connectivity index (χ2n) is 7.40. The first kappa shape index (κ1) is 20.3. The Morgan fingerprint density at radius 2 is 1.85 bits per heavy atom. The first-order valence-corrected chi connectivity index (χ1v) is 10.1. The van der Waals surface area contributed by atoms with Crippen molar-refractivity contribution in [3.05, 3.63) is 95.7 Å². The molecule has 0 aliphatic carbocycles. The molecule has 5 rings (SSSR count). The third-order valence-corrected chi connectivity index (χ3v) is 5.51. The van der Waals surface area contributed by atoms with Gasteiger partial charge in [-0.25, -0.2) is 0 Å². The number of pyridine rings is 1. The molecule has 1 unspecified atom stereocenters. The lowest BCUT2D eigenvalue weighted by Crippen LogP contribution is -2.31. The number of phenolic OH excluding ortho intramolecular Hbond substituents is 1. The maximum Gasteiger partial charge on any atom is 0.294 e. The van der Waals surface area contributed by atoms with E-state index < -0.39 is 23.5 Å². The van der Waals surface area contributed by atoms with E-state index in [1.165, 1.54) is 31.5 Å². The summed E-state index contributed by atoms with van der Waals surface area (Å²) in [5, 5.41) is 21.8. The topological polar surface area (TPSA) is 113 Å². The van der Waals surface area contributed by atoms with Crippen molar-refractivity contribution in [1.82, 2.24) is 4.98 Å². The van der Waals surface area contributed by atoms with Crippen molar-refractivity contribution >= 4 is 28.3 Å². The molecule has 3 heterocycles. The summed E-state index contributed by atoms with van der Waals surface area (Å²) >= 11 is 0. The zero-order chi connectivity index (χ0) is 23.1. The standard InChI is InChI=1S/C25H18N2O6/c1-32-18-11-6-7-14-13-19(33-24(14)18)22(29)20-21(15-8-4-5-12-26-15)27(25(31)23(20)30)16-9-2-3-10-17(16)28/h2-13,21,28,30H,1H3. The number of ether oxygens (including phenoxy) is 1. The molecule has 0 bridgehead atoms. The smallest absolute Gasteiger partial charge is 0.294 e. The van der Waals surface area contributed by atoms with Gasteiger partial charge in [0.25, 0.3) is 5.91 Å². The van der Waals surface area contributed by atoms with Gasteiger partial charge in [-0.2, -0.15) is 0 Å². The van der Waals surface area contributed by atoms with Crippen LogP contribution in [0.15, 0.2) is 88.7 Å². The maximum absolute atomic E-state index is 13.6. The summed E-state index contributed by atoms with van der Waals surface area (Å²) in [7, 11) is 1.49. The summed E-state index contributed by atoms with van der Waals surface area (Å²) in [4.78, 5) is 32.2. The number of hydrogen-bond acceptors (Lipinski definition) is 7. The predicted octanol–water partition coefficient (Wildman–Crippen LogP) is 4.32. The van der Waals surface area contributed by atoms with E-state index in [-0.39, 0.29) is 22.8 Å². The van der Waals surface area contributed by atoms with Crippen molar-refractivity contribution in [2.24, 2.45) is 0 Å². The van der Waals surface area contributed by atoms with Gasteiger partial charge in [-0.1, -0.05) is 30.3 Å². The molecule has 2 N–H and O–H groups in total. The number of fused-ring (bicyclic) bond motifs is 1. The molecule has 1 amide bonds. The molecule has 4 aromatic rings. The predicted molar refractivity (Wildman–Crippen MR) is 119 cm³/mol. The first-order chi connectivity index (χ1) is 16.0. The summed E-state index contributed by atoms with van der Waals surface area (Å²) in [6.45, 7) is 0. The van der Waals surface area contributed by atoms with E-state index in [9.17, 15) is 19.8 Å². The molecule has 2 aromatic carbocycles. The number of para-hydroxylation sites is 3. The number of phenols is 1. The lowest BCUT2D eigenvalue weighted by atomic mass is 9.98. The quantitative estimate of drug-likeness (QED) is 0.443. The molecular weight excluding hydrogens is 424 g/mol. The van der Waals surface area contributed by atoms with Crippen molar-refractivity contribution in [3.8, 4) is 11.5 Å². The Labute approximate surface area is 188 Å². The third kappa shape index (κ3) is 3.20. The molecule has 1 aliphatic rings. The Morgan fingerprint density at radius 1 is 1.06 bits per heavy atom. The zero-order valence-electron chi connectivity index (χ0n) is 17.4. The summed E-state index contributed by atoms with van der Waals surface area (Å²) < 4.78 is 11.1. The lowest BCUT2D eigenvalue weighted by molar-refractivity contribution is -0.117.